The van der Waals surface area contributed by atoms with Crippen LogP contribution in [0.3, 0.4) is 0 Å². The van der Waals surface area contributed by atoms with Crippen LogP contribution in [-0.4, -0.2) is 19.5 Å². The lowest BCUT2D eigenvalue weighted by molar-refractivity contribution is -0.234. The minimum atomic E-state index is -5.19. The summed E-state index contributed by atoms with van der Waals surface area (Å²) in [6.07, 6.45) is -0.420. The highest BCUT2D eigenvalue weighted by Gasteiger charge is 2.51. The minimum Gasteiger partial charge on any atom is -0.479 e. The fourth-order valence-corrected chi connectivity index (χ4v) is 5.60. The molecule has 190 valence electrons. The molecule has 2 fully saturated rings. The van der Waals surface area contributed by atoms with Gasteiger partial charge in [-0.2, -0.15) is 13.2 Å². The molecule has 0 radical (unpaired) electrons. The fraction of sp³-hybridized carbons (Fsp3) is 0.538. The maximum absolute atomic E-state index is 15.2. The molecular formula is C26H26F6O3. The van der Waals surface area contributed by atoms with Crippen LogP contribution in [-0.2, 0) is 21.3 Å². The predicted octanol–water partition coefficient (Wildman–Crippen LogP) is 7.36. The third kappa shape index (κ3) is 4.31. The van der Waals surface area contributed by atoms with Crippen molar-refractivity contribution in [1.82, 2.24) is 0 Å². The Morgan fingerprint density at radius 2 is 1.60 bits per heavy atom. The molecule has 5 rings (SSSR count). The Labute approximate surface area is 199 Å². The van der Waals surface area contributed by atoms with E-state index in [2.05, 4.69) is 6.92 Å². The van der Waals surface area contributed by atoms with E-state index in [0.29, 0.717) is 49.7 Å². The van der Waals surface area contributed by atoms with E-state index in [1.165, 1.54) is 6.07 Å². The lowest BCUT2D eigenvalue weighted by Crippen LogP contribution is -2.47. The topological polar surface area (TPSA) is 27.7 Å². The second-order valence-electron chi connectivity index (χ2n) is 9.74. The number of hydrogen-bond donors (Lipinski definition) is 0. The Hall–Kier alpha value is -2.26. The van der Waals surface area contributed by atoms with Crippen molar-refractivity contribution < 1.29 is 40.6 Å². The molecule has 1 spiro atoms. The number of rotatable bonds is 4. The van der Waals surface area contributed by atoms with Crippen molar-refractivity contribution in [3.8, 4) is 16.9 Å². The quantitative estimate of drug-likeness (QED) is 0.411. The Bertz CT molecular complexity index is 1080. The summed E-state index contributed by atoms with van der Waals surface area (Å²) in [5.74, 6) is -3.80. The zero-order valence-corrected chi connectivity index (χ0v) is 19.2. The van der Waals surface area contributed by atoms with Gasteiger partial charge in [0.15, 0.2) is 17.9 Å². The molecule has 35 heavy (non-hydrogen) atoms. The van der Waals surface area contributed by atoms with Gasteiger partial charge in [0.2, 0.25) is 0 Å². The zero-order chi connectivity index (χ0) is 25.0. The largest absolute Gasteiger partial charge is 0.479 e. The molecule has 3 nitrogen and oxygen atoms in total. The van der Waals surface area contributed by atoms with Gasteiger partial charge in [0.1, 0.15) is 22.8 Å². The summed E-state index contributed by atoms with van der Waals surface area (Å²) >= 11 is 0. The van der Waals surface area contributed by atoms with Crippen LogP contribution in [0.25, 0.3) is 11.1 Å². The van der Waals surface area contributed by atoms with Crippen molar-refractivity contribution in [2.45, 2.75) is 63.5 Å². The van der Waals surface area contributed by atoms with E-state index in [4.69, 9.17) is 14.2 Å². The van der Waals surface area contributed by atoms with Crippen molar-refractivity contribution >= 4 is 0 Å². The van der Waals surface area contributed by atoms with Gasteiger partial charge in [-0.25, -0.2) is 13.2 Å². The summed E-state index contributed by atoms with van der Waals surface area (Å²) in [4.78, 5) is 0. The first-order valence-corrected chi connectivity index (χ1v) is 11.9. The van der Waals surface area contributed by atoms with E-state index in [1.807, 2.05) is 0 Å². The van der Waals surface area contributed by atoms with Crippen LogP contribution in [0.15, 0.2) is 24.3 Å². The average molecular weight is 500 g/mol. The predicted molar refractivity (Wildman–Crippen MR) is 115 cm³/mol. The fourth-order valence-electron chi connectivity index (χ4n) is 5.60. The van der Waals surface area contributed by atoms with Gasteiger partial charge in [-0.15, -0.1) is 0 Å². The van der Waals surface area contributed by atoms with E-state index in [1.54, 1.807) is 6.07 Å². The maximum Gasteiger partial charge on any atom is 0.422 e. The van der Waals surface area contributed by atoms with Crippen LogP contribution >= 0.6 is 0 Å². The van der Waals surface area contributed by atoms with Crippen molar-refractivity contribution in [2.24, 2.45) is 11.8 Å². The number of benzene rings is 2. The normalized spacial score (nSPS) is 28.4. The Balaban J connectivity index is 1.29. The summed E-state index contributed by atoms with van der Waals surface area (Å²) in [5, 5.41) is 0. The molecule has 0 aromatic heterocycles. The van der Waals surface area contributed by atoms with Crippen molar-refractivity contribution in [1.29, 1.82) is 0 Å². The van der Waals surface area contributed by atoms with Gasteiger partial charge in [0.25, 0.3) is 0 Å². The highest BCUT2D eigenvalue weighted by atomic mass is 19.4. The summed E-state index contributed by atoms with van der Waals surface area (Å²) in [5.41, 5.74) is -2.51. The lowest BCUT2D eigenvalue weighted by Gasteiger charge is -2.49. The smallest absolute Gasteiger partial charge is 0.422 e. The van der Waals surface area contributed by atoms with E-state index in [0.717, 1.165) is 25.7 Å². The molecule has 2 heterocycles. The molecule has 2 aliphatic heterocycles. The van der Waals surface area contributed by atoms with Crippen LogP contribution in [0.5, 0.6) is 5.75 Å². The van der Waals surface area contributed by atoms with E-state index in [9.17, 15) is 22.0 Å². The Morgan fingerprint density at radius 1 is 0.971 bits per heavy atom. The summed E-state index contributed by atoms with van der Waals surface area (Å²) in [6.45, 7) is 3.52. The number of alkyl halides is 3. The first kappa shape index (κ1) is 24.4. The molecule has 1 saturated heterocycles. The highest BCUT2D eigenvalue weighted by Crippen LogP contribution is 2.56. The summed E-state index contributed by atoms with van der Waals surface area (Å²) in [6, 6.07) is 3.96. The van der Waals surface area contributed by atoms with Crippen LogP contribution in [0.4, 0.5) is 26.3 Å². The maximum atomic E-state index is 15.2. The molecule has 3 aliphatic rings. The third-order valence-corrected chi connectivity index (χ3v) is 7.43. The number of hydrogen-bond acceptors (Lipinski definition) is 3. The molecule has 0 bridgehead atoms. The second-order valence-corrected chi connectivity index (χ2v) is 9.74. The molecule has 1 aliphatic carbocycles. The van der Waals surface area contributed by atoms with Crippen LogP contribution in [0, 0.1) is 29.3 Å². The number of fused-ring (bicyclic) bond motifs is 2. The van der Waals surface area contributed by atoms with Gasteiger partial charge in [-0.3, -0.25) is 0 Å². The van der Waals surface area contributed by atoms with Crippen molar-refractivity contribution in [3.63, 3.8) is 0 Å². The molecular weight excluding hydrogens is 474 g/mol. The molecule has 0 N–H and O–H groups in total. The highest BCUT2D eigenvalue weighted by molar-refractivity contribution is 5.69. The third-order valence-electron chi connectivity index (χ3n) is 7.43. The van der Waals surface area contributed by atoms with Gasteiger partial charge in [0, 0.05) is 23.0 Å². The average Bonchev–Trinajstić information content (AvgIpc) is 2.79. The molecule has 0 atom stereocenters. The molecule has 2 aromatic rings. The standard InChI is InChI=1S/C26H26F6O3/c1-2-3-14-12-33-24(34-13-14)15-6-8-25(9-7-15)18-5-4-17(22(29)23(18)35-25)16-10-19(27)21(20(28)11-16)26(30,31)32/h4-5,10-11,14-15,24H,2-3,6-9,12-13H2,1H3. The van der Waals surface area contributed by atoms with Gasteiger partial charge in [-0.1, -0.05) is 25.5 Å². The van der Waals surface area contributed by atoms with Gasteiger partial charge in [0.05, 0.1) is 13.2 Å². The van der Waals surface area contributed by atoms with E-state index in [-0.39, 0.29) is 29.1 Å². The van der Waals surface area contributed by atoms with Crippen LogP contribution in [0.1, 0.15) is 56.6 Å². The Kier molecular flexibility index (Phi) is 6.28. The number of halogens is 6. The van der Waals surface area contributed by atoms with Gasteiger partial charge in [-0.05, 0) is 49.8 Å². The summed E-state index contributed by atoms with van der Waals surface area (Å²) < 4.78 is 99.6. The molecule has 9 heteroatoms. The van der Waals surface area contributed by atoms with E-state index < -0.39 is 34.8 Å². The molecule has 0 amide bonds. The number of ether oxygens (including phenoxy) is 3. The van der Waals surface area contributed by atoms with Gasteiger partial charge >= 0.3 is 6.18 Å². The van der Waals surface area contributed by atoms with Crippen LogP contribution in [0.2, 0.25) is 0 Å². The van der Waals surface area contributed by atoms with Crippen molar-refractivity contribution in [2.75, 3.05) is 13.2 Å². The minimum absolute atomic E-state index is 0.0192. The summed E-state index contributed by atoms with van der Waals surface area (Å²) in [7, 11) is 0. The molecule has 2 aromatic carbocycles. The van der Waals surface area contributed by atoms with Gasteiger partial charge < -0.3 is 14.2 Å². The molecule has 1 saturated carbocycles. The van der Waals surface area contributed by atoms with Crippen LogP contribution < -0.4 is 4.74 Å². The first-order valence-electron chi connectivity index (χ1n) is 11.9. The molecule has 0 unspecified atom stereocenters. The second kappa shape index (κ2) is 9.00. The monoisotopic (exact) mass is 500 g/mol. The SMILES string of the molecule is CCCC1COC(C2CCC3(CC2)Oc2c3ccc(-c3cc(F)c(C(F)(F)F)c(F)c3)c2F)OC1. The zero-order valence-electron chi connectivity index (χ0n) is 19.2. The Morgan fingerprint density at radius 3 is 2.17 bits per heavy atom. The first-order chi connectivity index (χ1) is 16.6. The lowest BCUT2D eigenvalue weighted by atomic mass is 9.71. The van der Waals surface area contributed by atoms with Crippen molar-refractivity contribution in [3.05, 3.63) is 52.8 Å². The van der Waals surface area contributed by atoms with E-state index >= 15 is 4.39 Å².